The Morgan fingerprint density at radius 2 is 1.74 bits per heavy atom. The van der Waals surface area contributed by atoms with Crippen LogP contribution in [0.25, 0.3) is 0 Å². The van der Waals surface area contributed by atoms with Crippen molar-refractivity contribution in [2.24, 2.45) is 5.92 Å². The summed E-state index contributed by atoms with van der Waals surface area (Å²) in [5, 5.41) is 0. The molecule has 0 heterocycles. The highest BCUT2D eigenvalue weighted by atomic mass is 16.6. The van der Waals surface area contributed by atoms with Crippen LogP contribution in [0.15, 0.2) is 36.0 Å². The van der Waals surface area contributed by atoms with Crippen molar-refractivity contribution in [1.29, 1.82) is 0 Å². The molecule has 0 aromatic heterocycles. The van der Waals surface area contributed by atoms with E-state index in [4.69, 9.17) is 4.74 Å². The SMILES string of the molecule is C=C(CC(CC=C(C)C)C(=C)C)C(=O)OC(C)(C)C. The van der Waals surface area contributed by atoms with Gasteiger partial charge in [-0.3, -0.25) is 0 Å². The van der Waals surface area contributed by atoms with Crippen molar-refractivity contribution in [3.05, 3.63) is 36.0 Å². The van der Waals surface area contributed by atoms with Crippen LogP contribution in [0, 0.1) is 5.92 Å². The highest BCUT2D eigenvalue weighted by molar-refractivity contribution is 5.88. The van der Waals surface area contributed by atoms with Crippen LogP contribution in [0.4, 0.5) is 0 Å². The Balaban J connectivity index is 4.60. The van der Waals surface area contributed by atoms with Crippen LogP contribution in [0.2, 0.25) is 0 Å². The summed E-state index contributed by atoms with van der Waals surface area (Å²) in [6, 6.07) is 0. The van der Waals surface area contributed by atoms with Gasteiger partial charge in [0.25, 0.3) is 0 Å². The minimum absolute atomic E-state index is 0.245. The summed E-state index contributed by atoms with van der Waals surface area (Å²) < 4.78 is 5.32. The fourth-order valence-electron chi connectivity index (χ4n) is 1.57. The fraction of sp³-hybridized carbons (Fsp3) is 0.588. The topological polar surface area (TPSA) is 26.3 Å². The summed E-state index contributed by atoms with van der Waals surface area (Å²) >= 11 is 0. The second kappa shape index (κ2) is 7.32. The van der Waals surface area contributed by atoms with Crippen LogP contribution in [0.3, 0.4) is 0 Å². The lowest BCUT2D eigenvalue weighted by atomic mass is 9.90. The van der Waals surface area contributed by atoms with Gasteiger partial charge in [0.1, 0.15) is 5.60 Å². The quantitative estimate of drug-likeness (QED) is 0.390. The Hall–Kier alpha value is -1.31. The molecule has 0 aromatic rings. The largest absolute Gasteiger partial charge is 0.457 e. The highest BCUT2D eigenvalue weighted by Crippen LogP contribution is 2.24. The molecule has 2 nitrogen and oxygen atoms in total. The maximum Gasteiger partial charge on any atom is 0.333 e. The van der Waals surface area contributed by atoms with Gasteiger partial charge in [-0.25, -0.2) is 4.79 Å². The third-order valence-electron chi connectivity index (χ3n) is 2.69. The van der Waals surface area contributed by atoms with E-state index in [9.17, 15) is 4.79 Å². The minimum atomic E-state index is -0.474. The number of carbonyl (C=O) groups is 1. The van der Waals surface area contributed by atoms with Crippen LogP contribution in [-0.4, -0.2) is 11.6 Å². The molecule has 0 saturated carbocycles. The van der Waals surface area contributed by atoms with Gasteiger partial charge < -0.3 is 4.74 Å². The molecule has 108 valence electrons. The predicted octanol–water partition coefficient (Wildman–Crippen LogP) is 4.82. The number of allylic oxidation sites excluding steroid dienone is 3. The minimum Gasteiger partial charge on any atom is -0.457 e. The molecule has 0 radical (unpaired) electrons. The number of hydrogen-bond acceptors (Lipinski definition) is 2. The molecule has 0 N–H and O–H groups in total. The molecule has 19 heavy (non-hydrogen) atoms. The Morgan fingerprint density at radius 3 is 2.11 bits per heavy atom. The van der Waals surface area contributed by atoms with Gasteiger partial charge in [0.05, 0.1) is 0 Å². The van der Waals surface area contributed by atoms with Crippen molar-refractivity contribution in [3.8, 4) is 0 Å². The third-order valence-corrected chi connectivity index (χ3v) is 2.69. The molecule has 0 aromatic carbocycles. The second-order valence-corrected chi connectivity index (χ2v) is 6.37. The van der Waals surface area contributed by atoms with Gasteiger partial charge in [0.15, 0.2) is 0 Å². The number of hydrogen-bond donors (Lipinski definition) is 0. The van der Waals surface area contributed by atoms with E-state index in [2.05, 4.69) is 33.1 Å². The Bertz CT molecular complexity index is 377. The smallest absolute Gasteiger partial charge is 0.333 e. The zero-order chi connectivity index (χ0) is 15.2. The van der Waals surface area contributed by atoms with E-state index in [0.717, 1.165) is 12.0 Å². The lowest BCUT2D eigenvalue weighted by Gasteiger charge is -2.22. The zero-order valence-corrected chi connectivity index (χ0v) is 13.3. The van der Waals surface area contributed by atoms with E-state index < -0.39 is 5.60 Å². The number of carbonyl (C=O) groups excluding carboxylic acids is 1. The van der Waals surface area contributed by atoms with Gasteiger partial charge in [-0.1, -0.05) is 30.4 Å². The second-order valence-electron chi connectivity index (χ2n) is 6.37. The standard InChI is InChI=1S/C17H28O2/c1-12(2)9-10-15(13(3)4)11-14(5)16(18)19-17(6,7)8/h9,15H,3,5,10-11H2,1-2,4,6-8H3. The molecule has 2 heteroatoms. The molecule has 1 atom stereocenters. The average Bonchev–Trinajstić information content (AvgIpc) is 2.20. The summed E-state index contributed by atoms with van der Waals surface area (Å²) in [6.07, 6.45) is 3.66. The number of ether oxygens (including phenoxy) is 1. The van der Waals surface area contributed by atoms with Crippen molar-refractivity contribution >= 4 is 5.97 Å². The molecular weight excluding hydrogens is 236 g/mol. The molecule has 0 saturated heterocycles. The molecule has 0 rings (SSSR count). The lowest BCUT2D eigenvalue weighted by Crippen LogP contribution is -2.25. The molecule has 0 aliphatic heterocycles. The predicted molar refractivity (Wildman–Crippen MR) is 82.0 cm³/mol. The first-order chi connectivity index (χ1) is 8.53. The first-order valence-electron chi connectivity index (χ1n) is 6.73. The highest BCUT2D eigenvalue weighted by Gasteiger charge is 2.21. The maximum absolute atomic E-state index is 11.9. The molecule has 0 amide bonds. The molecule has 0 fully saturated rings. The number of esters is 1. The normalized spacial score (nSPS) is 12.5. The van der Waals surface area contributed by atoms with E-state index in [1.54, 1.807) is 0 Å². The van der Waals surface area contributed by atoms with Crippen molar-refractivity contribution in [3.63, 3.8) is 0 Å². The van der Waals surface area contributed by atoms with E-state index in [1.165, 1.54) is 5.57 Å². The van der Waals surface area contributed by atoms with Crippen LogP contribution < -0.4 is 0 Å². The number of rotatable bonds is 6. The fourth-order valence-corrected chi connectivity index (χ4v) is 1.57. The van der Waals surface area contributed by atoms with Gasteiger partial charge in [-0.2, -0.15) is 0 Å². The van der Waals surface area contributed by atoms with Gasteiger partial charge in [-0.15, -0.1) is 0 Å². The Labute approximate surface area is 118 Å². The average molecular weight is 264 g/mol. The first-order valence-corrected chi connectivity index (χ1v) is 6.73. The van der Waals surface area contributed by atoms with E-state index in [-0.39, 0.29) is 11.9 Å². The molecule has 0 aliphatic rings. The lowest BCUT2D eigenvalue weighted by molar-refractivity contribution is -0.150. The summed E-state index contributed by atoms with van der Waals surface area (Å²) in [5.41, 5.74) is 2.39. The summed E-state index contributed by atoms with van der Waals surface area (Å²) in [7, 11) is 0. The first kappa shape index (κ1) is 17.7. The van der Waals surface area contributed by atoms with Crippen LogP contribution in [-0.2, 0) is 9.53 Å². The van der Waals surface area contributed by atoms with Crippen molar-refractivity contribution in [2.75, 3.05) is 0 Å². The van der Waals surface area contributed by atoms with Crippen molar-refractivity contribution < 1.29 is 9.53 Å². The van der Waals surface area contributed by atoms with Crippen LogP contribution in [0.1, 0.15) is 54.4 Å². The Morgan fingerprint density at radius 1 is 1.21 bits per heavy atom. The van der Waals surface area contributed by atoms with Crippen molar-refractivity contribution in [2.45, 2.75) is 60.0 Å². The monoisotopic (exact) mass is 264 g/mol. The van der Waals surface area contributed by atoms with Crippen LogP contribution in [0.5, 0.6) is 0 Å². The molecule has 1 unspecified atom stereocenters. The van der Waals surface area contributed by atoms with Crippen LogP contribution >= 0.6 is 0 Å². The molecule has 0 aliphatic carbocycles. The summed E-state index contributed by atoms with van der Waals surface area (Å²) in [6.45, 7) is 19.6. The summed E-state index contributed by atoms with van der Waals surface area (Å²) in [5.74, 6) is -0.0640. The molecular formula is C17H28O2. The van der Waals surface area contributed by atoms with Gasteiger partial charge in [0.2, 0.25) is 0 Å². The maximum atomic E-state index is 11.9. The zero-order valence-electron chi connectivity index (χ0n) is 13.3. The van der Waals surface area contributed by atoms with E-state index >= 15 is 0 Å². The summed E-state index contributed by atoms with van der Waals surface area (Å²) in [4.78, 5) is 11.9. The van der Waals surface area contributed by atoms with Gasteiger partial charge in [-0.05, 0) is 60.3 Å². The molecule has 0 bridgehead atoms. The van der Waals surface area contributed by atoms with E-state index in [1.807, 2.05) is 27.7 Å². The van der Waals surface area contributed by atoms with Gasteiger partial charge in [0, 0.05) is 5.57 Å². The Kier molecular flexibility index (Phi) is 6.82. The third kappa shape index (κ3) is 8.41. The van der Waals surface area contributed by atoms with Gasteiger partial charge >= 0.3 is 5.97 Å². The van der Waals surface area contributed by atoms with E-state index in [0.29, 0.717) is 12.0 Å². The van der Waals surface area contributed by atoms with Crippen molar-refractivity contribution in [1.82, 2.24) is 0 Å². The molecule has 0 spiro atoms.